The number of nitrogens with zero attached hydrogens (tertiary/aromatic N) is 2. The number of thiophene rings is 1. The molecule has 0 spiro atoms. The number of aliphatic hydroxyl groups is 1. The molecule has 0 saturated carbocycles. The van der Waals surface area contributed by atoms with Crippen LogP contribution in [0.5, 0.6) is 0 Å². The van der Waals surface area contributed by atoms with Crippen LogP contribution in [0, 0.1) is 25.5 Å². The third-order valence-electron chi connectivity index (χ3n) is 4.49. The summed E-state index contributed by atoms with van der Waals surface area (Å²) in [5, 5.41) is 10.5. The van der Waals surface area contributed by atoms with Gasteiger partial charge < -0.3 is 10.0 Å². The maximum Gasteiger partial charge on any atom is 0.149 e. The lowest BCUT2D eigenvalue weighted by Gasteiger charge is -2.37. The number of hydrogen-bond donors (Lipinski definition) is 1. The average molecular weight is 352 g/mol. The van der Waals surface area contributed by atoms with Crippen molar-refractivity contribution in [3.05, 3.63) is 51.2 Å². The number of piperazine rings is 1. The van der Waals surface area contributed by atoms with Crippen molar-refractivity contribution in [3.8, 4) is 0 Å². The van der Waals surface area contributed by atoms with Crippen LogP contribution in [0.3, 0.4) is 0 Å². The SMILES string of the molecule is Cc1cc(C(O)CN2CCN(c3ccc(F)cc3F)CC2)c(C)s1. The van der Waals surface area contributed by atoms with Crippen molar-refractivity contribution in [2.45, 2.75) is 20.0 Å². The summed E-state index contributed by atoms with van der Waals surface area (Å²) in [6.45, 7) is 7.48. The number of hydrogen-bond acceptors (Lipinski definition) is 4. The first-order valence-electron chi connectivity index (χ1n) is 8.11. The first-order valence-corrected chi connectivity index (χ1v) is 8.93. The van der Waals surface area contributed by atoms with E-state index in [1.165, 1.54) is 17.0 Å². The minimum absolute atomic E-state index is 0.445. The summed E-state index contributed by atoms with van der Waals surface area (Å²) < 4.78 is 26.9. The van der Waals surface area contributed by atoms with E-state index in [0.717, 1.165) is 29.6 Å². The molecule has 1 aromatic heterocycles. The van der Waals surface area contributed by atoms with Gasteiger partial charge in [0.2, 0.25) is 0 Å². The summed E-state index contributed by atoms with van der Waals surface area (Å²) in [5.41, 5.74) is 1.45. The largest absolute Gasteiger partial charge is 0.387 e. The Bertz CT molecular complexity index is 711. The van der Waals surface area contributed by atoms with Crippen molar-refractivity contribution >= 4 is 17.0 Å². The molecule has 3 rings (SSSR count). The molecule has 0 aliphatic carbocycles. The van der Waals surface area contributed by atoms with Gasteiger partial charge in [0.25, 0.3) is 0 Å². The monoisotopic (exact) mass is 352 g/mol. The van der Waals surface area contributed by atoms with Crippen LogP contribution in [-0.2, 0) is 0 Å². The van der Waals surface area contributed by atoms with Crippen molar-refractivity contribution < 1.29 is 13.9 Å². The van der Waals surface area contributed by atoms with Gasteiger partial charge in [0.1, 0.15) is 11.6 Å². The zero-order valence-electron chi connectivity index (χ0n) is 13.9. The lowest BCUT2D eigenvalue weighted by Crippen LogP contribution is -2.47. The first kappa shape index (κ1) is 17.3. The summed E-state index contributed by atoms with van der Waals surface area (Å²) in [4.78, 5) is 6.48. The molecule has 1 N–H and O–H groups in total. The molecule has 1 fully saturated rings. The molecule has 1 aliphatic heterocycles. The van der Waals surface area contributed by atoms with Crippen molar-refractivity contribution in [1.29, 1.82) is 0 Å². The Morgan fingerprint density at radius 1 is 1.12 bits per heavy atom. The molecule has 1 aromatic carbocycles. The number of β-amino-alcohol motifs (C(OH)–C–C–N with tert-alkyl or cyclic N) is 1. The van der Waals surface area contributed by atoms with Crippen LogP contribution in [-0.4, -0.2) is 42.7 Å². The van der Waals surface area contributed by atoms with E-state index in [9.17, 15) is 13.9 Å². The van der Waals surface area contributed by atoms with E-state index in [0.29, 0.717) is 25.3 Å². The van der Waals surface area contributed by atoms with E-state index in [-0.39, 0.29) is 0 Å². The van der Waals surface area contributed by atoms with Gasteiger partial charge in [0.05, 0.1) is 11.8 Å². The van der Waals surface area contributed by atoms with Gasteiger partial charge in [-0.05, 0) is 37.6 Å². The molecule has 1 unspecified atom stereocenters. The molecular weight excluding hydrogens is 330 g/mol. The minimum atomic E-state index is -0.556. The smallest absolute Gasteiger partial charge is 0.149 e. The van der Waals surface area contributed by atoms with Crippen molar-refractivity contribution in [1.82, 2.24) is 4.90 Å². The standard InChI is InChI=1S/C18H22F2N2OS/c1-12-9-15(13(2)24-12)18(23)11-21-5-7-22(8-6-21)17-4-3-14(19)10-16(17)20/h3-4,9-10,18,23H,5-8,11H2,1-2H3. The molecule has 0 radical (unpaired) electrons. The predicted octanol–water partition coefficient (Wildman–Crippen LogP) is 3.50. The highest BCUT2D eigenvalue weighted by atomic mass is 32.1. The van der Waals surface area contributed by atoms with Gasteiger partial charge in [0.15, 0.2) is 0 Å². The number of halogens is 2. The zero-order chi connectivity index (χ0) is 17.3. The second-order valence-corrected chi connectivity index (χ2v) is 7.73. The summed E-state index contributed by atoms with van der Waals surface area (Å²) in [7, 11) is 0. The summed E-state index contributed by atoms with van der Waals surface area (Å²) in [6.07, 6.45) is -0.496. The molecule has 3 nitrogen and oxygen atoms in total. The third-order valence-corrected chi connectivity index (χ3v) is 5.47. The Labute approximate surface area is 145 Å². The molecule has 1 aliphatic rings. The molecule has 2 heterocycles. The summed E-state index contributed by atoms with van der Waals surface area (Å²) >= 11 is 1.70. The quantitative estimate of drug-likeness (QED) is 0.912. The number of anilines is 1. The van der Waals surface area contributed by atoms with Crippen LogP contribution in [0.2, 0.25) is 0 Å². The fourth-order valence-corrected chi connectivity index (χ4v) is 4.21. The lowest BCUT2D eigenvalue weighted by atomic mass is 10.1. The normalized spacial score (nSPS) is 17.3. The first-order chi connectivity index (χ1) is 11.4. The Hall–Kier alpha value is -1.50. The van der Waals surface area contributed by atoms with Crippen molar-refractivity contribution in [3.63, 3.8) is 0 Å². The van der Waals surface area contributed by atoms with Crippen molar-refractivity contribution in [2.75, 3.05) is 37.6 Å². The van der Waals surface area contributed by atoms with Gasteiger partial charge in [-0.15, -0.1) is 11.3 Å². The maximum atomic E-state index is 13.9. The topological polar surface area (TPSA) is 26.7 Å². The predicted molar refractivity (Wildman–Crippen MR) is 93.8 cm³/mol. The molecule has 6 heteroatoms. The van der Waals surface area contributed by atoms with Crippen LogP contribution in [0.4, 0.5) is 14.5 Å². The van der Waals surface area contributed by atoms with Gasteiger partial charge in [-0.25, -0.2) is 8.78 Å². The highest BCUT2D eigenvalue weighted by Crippen LogP contribution is 2.27. The average Bonchev–Trinajstić information content (AvgIpc) is 2.87. The van der Waals surface area contributed by atoms with Crippen LogP contribution in [0.15, 0.2) is 24.3 Å². The summed E-state index contributed by atoms with van der Waals surface area (Å²) in [5.74, 6) is -1.08. The molecule has 130 valence electrons. The van der Waals surface area contributed by atoms with Crippen LogP contribution >= 0.6 is 11.3 Å². The Kier molecular flexibility index (Phi) is 5.18. The number of benzene rings is 1. The highest BCUT2D eigenvalue weighted by molar-refractivity contribution is 7.12. The van der Waals surface area contributed by atoms with Crippen LogP contribution in [0.25, 0.3) is 0 Å². The molecular formula is C18H22F2N2OS. The van der Waals surface area contributed by atoms with E-state index in [4.69, 9.17) is 0 Å². The number of aliphatic hydroxyl groups excluding tert-OH is 1. The summed E-state index contributed by atoms with van der Waals surface area (Å²) in [6, 6.07) is 5.75. The molecule has 1 saturated heterocycles. The maximum absolute atomic E-state index is 13.9. The molecule has 0 bridgehead atoms. The van der Waals surface area contributed by atoms with E-state index < -0.39 is 17.7 Å². The fraction of sp³-hybridized carbons (Fsp3) is 0.444. The lowest BCUT2D eigenvalue weighted by molar-refractivity contribution is 0.109. The van der Waals surface area contributed by atoms with Crippen LogP contribution < -0.4 is 4.90 Å². The minimum Gasteiger partial charge on any atom is -0.387 e. The molecule has 1 atom stereocenters. The van der Waals surface area contributed by atoms with Gasteiger partial charge in [0, 0.05) is 48.5 Å². The van der Waals surface area contributed by atoms with Gasteiger partial charge >= 0.3 is 0 Å². The Morgan fingerprint density at radius 3 is 2.42 bits per heavy atom. The van der Waals surface area contributed by atoms with Gasteiger partial charge in [-0.2, -0.15) is 0 Å². The molecule has 24 heavy (non-hydrogen) atoms. The van der Waals surface area contributed by atoms with E-state index >= 15 is 0 Å². The third kappa shape index (κ3) is 3.77. The van der Waals surface area contributed by atoms with E-state index in [1.807, 2.05) is 18.7 Å². The molecule has 0 amide bonds. The fourth-order valence-electron chi connectivity index (χ4n) is 3.23. The van der Waals surface area contributed by atoms with Gasteiger partial charge in [-0.1, -0.05) is 0 Å². The second kappa shape index (κ2) is 7.17. The van der Waals surface area contributed by atoms with Gasteiger partial charge in [-0.3, -0.25) is 4.90 Å². The zero-order valence-corrected chi connectivity index (χ0v) is 14.7. The number of rotatable bonds is 4. The van der Waals surface area contributed by atoms with E-state index in [1.54, 1.807) is 11.3 Å². The Balaban J connectivity index is 1.58. The van der Waals surface area contributed by atoms with Crippen molar-refractivity contribution in [2.24, 2.45) is 0 Å². The molecule has 2 aromatic rings. The van der Waals surface area contributed by atoms with E-state index in [2.05, 4.69) is 11.0 Å². The number of aryl methyl sites for hydroxylation is 2. The Morgan fingerprint density at radius 2 is 1.83 bits per heavy atom. The highest BCUT2D eigenvalue weighted by Gasteiger charge is 2.23. The van der Waals surface area contributed by atoms with Crippen LogP contribution in [0.1, 0.15) is 21.4 Å². The second-order valence-electron chi connectivity index (χ2n) is 6.27.